The van der Waals surface area contributed by atoms with Gasteiger partial charge in [-0.25, -0.2) is 15.0 Å². The second-order valence-corrected chi connectivity index (χ2v) is 7.30. The molecule has 9 heteroatoms. The van der Waals surface area contributed by atoms with Crippen molar-refractivity contribution in [2.75, 3.05) is 11.1 Å². The Morgan fingerprint density at radius 1 is 1.18 bits per heavy atom. The summed E-state index contributed by atoms with van der Waals surface area (Å²) in [5, 5.41) is 19.2. The molecule has 0 spiro atoms. The van der Waals surface area contributed by atoms with Gasteiger partial charge in [0.2, 0.25) is 0 Å². The van der Waals surface area contributed by atoms with Gasteiger partial charge in [0.05, 0.1) is 23.2 Å². The van der Waals surface area contributed by atoms with Crippen LogP contribution in [0.3, 0.4) is 0 Å². The zero-order chi connectivity index (χ0) is 19.3. The third-order valence-electron chi connectivity index (χ3n) is 5.27. The molecule has 3 aromatic rings. The molecule has 0 amide bonds. The summed E-state index contributed by atoms with van der Waals surface area (Å²) in [7, 11) is 0. The summed E-state index contributed by atoms with van der Waals surface area (Å²) in [4.78, 5) is 18.3. The van der Waals surface area contributed by atoms with Crippen LogP contribution in [0.25, 0.3) is 10.9 Å². The molecule has 5 rings (SSSR count). The van der Waals surface area contributed by atoms with Gasteiger partial charge in [0.15, 0.2) is 17.1 Å². The van der Waals surface area contributed by atoms with E-state index in [0.29, 0.717) is 18.0 Å². The van der Waals surface area contributed by atoms with Crippen molar-refractivity contribution in [3.63, 3.8) is 0 Å². The molecular formula is C19H17ClN6O2. The van der Waals surface area contributed by atoms with Gasteiger partial charge in [0.1, 0.15) is 17.7 Å². The van der Waals surface area contributed by atoms with Gasteiger partial charge < -0.3 is 21.0 Å². The van der Waals surface area contributed by atoms with E-state index in [1.807, 2.05) is 36.4 Å². The Balaban J connectivity index is 1.49. The lowest BCUT2D eigenvalue weighted by Crippen LogP contribution is -2.34. The van der Waals surface area contributed by atoms with Gasteiger partial charge in [-0.2, -0.15) is 0 Å². The first-order valence-electron chi connectivity index (χ1n) is 8.92. The lowest BCUT2D eigenvalue weighted by molar-refractivity contribution is -0.0103. The minimum absolute atomic E-state index is 0.181. The summed E-state index contributed by atoms with van der Waals surface area (Å²) < 4.78 is 0. The van der Waals surface area contributed by atoms with Gasteiger partial charge in [-0.15, -0.1) is 0 Å². The Morgan fingerprint density at radius 2 is 2.04 bits per heavy atom. The van der Waals surface area contributed by atoms with Crippen molar-refractivity contribution in [1.82, 2.24) is 15.0 Å². The van der Waals surface area contributed by atoms with Crippen molar-refractivity contribution < 1.29 is 9.94 Å². The molecule has 28 heavy (non-hydrogen) atoms. The highest BCUT2D eigenvalue weighted by atomic mass is 35.5. The zero-order valence-corrected chi connectivity index (χ0v) is 15.4. The lowest BCUT2D eigenvalue weighted by atomic mass is 9.93. The molecule has 3 heterocycles. The van der Waals surface area contributed by atoms with Crippen LogP contribution in [-0.4, -0.2) is 44.0 Å². The van der Waals surface area contributed by atoms with Crippen LogP contribution in [0.4, 0.5) is 11.5 Å². The van der Waals surface area contributed by atoms with E-state index in [1.54, 1.807) is 0 Å². The SMILES string of the molecule is Nc1c(Cl)ncnc1N[C@@H]1C[C@H](O)[C@H]2ON=C(c3ccc4ccccc4n3)[C@H]21. The van der Waals surface area contributed by atoms with Crippen LogP contribution < -0.4 is 11.1 Å². The number of pyridine rings is 1. The average molecular weight is 397 g/mol. The third kappa shape index (κ3) is 2.73. The van der Waals surface area contributed by atoms with E-state index >= 15 is 0 Å². The quantitative estimate of drug-likeness (QED) is 0.581. The Bertz CT molecular complexity index is 1090. The summed E-state index contributed by atoms with van der Waals surface area (Å²) in [5.74, 6) is 0.229. The first-order chi connectivity index (χ1) is 13.6. The normalized spacial score (nSPS) is 26.0. The minimum atomic E-state index is -0.664. The fourth-order valence-corrected chi connectivity index (χ4v) is 4.04. The fraction of sp³-hybridized carbons (Fsp3) is 0.263. The van der Waals surface area contributed by atoms with Crippen molar-refractivity contribution in [2.24, 2.45) is 11.1 Å². The number of oxime groups is 1. The number of nitrogen functional groups attached to an aromatic ring is 1. The van der Waals surface area contributed by atoms with Crippen LogP contribution in [0.2, 0.25) is 5.15 Å². The highest BCUT2D eigenvalue weighted by Gasteiger charge is 2.51. The molecule has 1 aromatic carbocycles. The summed E-state index contributed by atoms with van der Waals surface area (Å²) in [6, 6.07) is 11.6. The van der Waals surface area contributed by atoms with E-state index in [2.05, 4.69) is 20.4 Å². The molecule has 4 atom stereocenters. The number of anilines is 2. The van der Waals surface area contributed by atoms with Gasteiger partial charge in [0.25, 0.3) is 0 Å². The van der Waals surface area contributed by atoms with Gasteiger partial charge >= 0.3 is 0 Å². The predicted molar refractivity (Wildman–Crippen MR) is 106 cm³/mol. The first kappa shape index (κ1) is 17.2. The molecule has 0 radical (unpaired) electrons. The number of nitrogens with zero attached hydrogens (tertiary/aromatic N) is 4. The Kier molecular flexibility index (Phi) is 4.03. The number of fused-ring (bicyclic) bond motifs is 2. The molecule has 1 saturated carbocycles. The lowest BCUT2D eigenvalue weighted by Gasteiger charge is -2.21. The monoisotopic (exact) mass is 396 g/mol. The molecule has 142 valence electrons. The number of para-hydroxylation sites is 1. The van der Waals surface area contributed by atoms with E-state index in [1.165, 1.54) is 6.33 Å². The molecule has 0 bridgehead atoms. The van der Waals surface area contributed by atoms with Crippen molar-refractivity contribution in [3.05, 3.63) is 53.6 Å². The van der Waals surface area contributed by atoms with Crippen molar-refractivity contribution in [1.29, 1.82) is 0 Å². The van der Waals surface area contributed by atoms with Crippen LogP contribution in [-0.2, 0) is 4.84 Å². The number of benzene rings is 1. The highest BCUT2D eigenvalue weighted by molar-refractivity contribution is 6.32. The van der Waals surface area contributed by atoms with E-state index in [4.69, 9.17) is 27.2 Å². The molecule has 4 N–H and O–H groups in total. The standard InChI is InChI=1S/C19H17ClN6O2/c20-18-15(21)19(23-8-22-18)25-12-7-13(27)17-14(12)16(26-28-17)11-6-5-9-3-1-2-4-10(9)24-11/h1-6,8,12-14,17,27H,7,21H2,(H,22,23,25)/t12-,13+,14-,17-/m1/s1. The van der Waals surface area contributed by atoms with E-state index < -0.39 is 12.2 Å². The highest BCUT2D eigenvalue weighted by Crippen LogP contribution is 2.39. The largest absolute Gasteiger partial charge is 0.393 e. The molecule has 0 saturated heterocycles. The Hall–Kier alpha value is -2.97. The van der Waals surface area contributed by atoms with Gasteiger partial charge in [0, 0.05) is 11.4 Å². The second-order valence-electron chi connectivity index (χ2n) is 6.94. The number of nitrogens with one attached hydrogen (secondary N) is 1. The molecule has 2 aromatic heterocycles. The van der Waals surface area contributed by atoms with Crippen LogP contribution >= 0.6 is 11.6 Å². The fourth-order valence-electron chi connectivity index (χ4n) is 3.91. The Morgan fingerprint density at radius 3 is 2.93 bits per heavy atom. The number of hydrogen-bond donors (Lipinski definition) is 3. The summed E-state index contributed by atoms with van der Waals surface area (Å²) >= 11 is 6.00. The third-order valence-corrected chi connectivity index (χ3v) is 5.57. The number of aromatic nitrogens is 3. The number of aliphatic hydroxyl groups is 1. The van der Waals surface area contributed by atoms with Crippen molar-refractivity contribution >= 4 is 39.7 Å². The van der Waals surface area contributed by atoms with Crippen molar-refractivity contribution in [3.8, 4) is 0 Å². The molecule has 1 fully saturated rings. The van der Waals surface area contributed by atoms with Gasteiger partial charge in [-0.3, -0.25) is 0 Å². The Labute approximate surface area is 165 Å². The maximum Gasteiger partial charge on any atom is 0.163 e. The number of aliphatic hydroxyl groups excluding tert-OH is 1. The minimum Gasteiger partial charge on any atom is -0.393 e. The van der Waals surface area contributed by atoms with Crippen LogP contribution in [0, 0.1) is 5.92 Å². The maximum absolute atomic E-state index is 10.5. The summed E-state index contributed by atoms with van der Waals surface area (Å²) in [5.41, 5.74) is 8.55. The van der Waals surface area contributed by atoms with Crippen molar-refractivity contribution in [2.45, 2.75) is 24.7 Å². The van der Waals surface area contributed by atoms with Gasteiger partial charge in [-0.1, -0.05) is 41.0 Å². The topological polar surface area (TPSA) is 119 Å². The molecule has 1 aliphatic heterocycles. The van der Waals surface area contributed by atoms with Crippen LogP contribution in [0.1, 0.15) is 12.1 Å². The zero-order valence-electron chi connectivity index (χ0n) is 14.7. The van der Waals surface area contributed by atoms with E-state index in [-0.39, 0.29) is 22.8 Å². The molecular weight excluding hydrogens is 380 g/mol. The molecule has 8 nitrogen and oxygen atoms in total. The average Bonchev–Trinajstić information content (AvgIpc) is 3.27. The molecule has 2 aliphatic rings. The second kappa shape index (κ2) is 6.57. The smallest absolute Gasteiger partial charge is 0.163 e. The summed E-state index contributed by atoms with van der Waals surface area (Å²) in [6.07, 6.45) is 0.694. The predicted octanol–water partition coefficient (Wildman–Crippen LogP) is 2.22. The molecule has 0 unspecified atom stereocenters. The summed E-state index contributed by atoms with van der Waals surface area (Å²) in [6.45, 7) is 0. The number of rotatable bonds is 3. The maximum atomic E-state index is 10.5. The first-order valence-corrected chi connectivity index (χ1v) is 9.30. The van der Waals surface area contributed by atoms with Crippen LogP contribution in [0.15, 0.2) is 47.9 Å². The number of hydrogen-bond acceptors (Lipinski definition) is 8. The number of halogens is 1. The van der Waals surface area contributed by atoms with E-state index in [9.17, 15) is 5.11 Å². The van der Waals surface area contributed by atoms with E-state index in [0.717, 1.165) is 16.6 Å². The number of nitrogens with two attached hydrogens (primary N) is 1. The van der Waals surface area contributed by atoms with Crippen LogP contribution in [0.5, 0.6) is 0 Å². The van der Waals surface area contributed by atoms with Gasteiger partial charge in [-0.05, 0) is 18.6 Å². The molecule has 1 aliphatic carbocycles.